The van der Waals surface area contributed by atoms with Crippen molar-refractivity contribution >= 4 is 34.9 Å². The molecule has 1 rings (SSSR count). The summed E-state index contributed by atoms with van der Waals surface area (Å²) in [5.41, 5.74) is 0. The first-order valence-electron chi connectivity index (χ1n) is 5.39. The molecule has 1 aromatic rings. The van der Waals surface area contributed by atoms with Crippen LogP contribution in [0.1, 0.15) is 18.7 Å². The van der Waals surface area contributed by atoms with Gasteiger partial charge in [0, 0.05) is 23.5 Å². The number of rotatable bonds is 5. The summed E-state index contributed by atoms with van der Waals surface area (Å²) in [6.45, 7) is 4.17. The number of amides is 1. The molecular weight excluding hydrogens is 258 g/mol. The minimum Gasteiger partial charge on any atom is -0.395 e. The molecule has 5 heteroatoms. The van der Waals surface area contributed by atoms with E-state index < -0.39 is 0 Å². The first-order chi connectivity index (χ1) is 8.04. The van der Waals surface area contributed by atoms with E-state index in [2.05, 4.69) is 0 Å². The van der Waals surface area contributed by atoms with E-state index in [0.29, 0.717) is 10.9 Å². The van der Waals surface area contributed by atoms with Gasteiger partial charge >= 0.3 is 0 Å². The molecule has 0 saturated carbocycles. The summed E-state index contributed by atoms with van der Waals surface area (Å²) in [5, 5.41) is 8.89. The second kappa shape index (κ2) is 6.79. The molecular formula is C12H16ClNO2S. The van der Waals surface area contributed by atoms with Crippen molar-refractivity contribution in [2.75, 3.05) is 13.2 Å². The summed E-state index contributed by atoms with van der Waals surface area (Å²) in [7, 11) is 0. The average molecular weight is 274 g/mol. The van der Waals surface area contributed by atoms with Gasteiger partial charge in [0.2, 0.25) is 5.91 Å². The van der Waals surface area contributed by atoms with Crippen LogP contribution in [0.25, 0.3) is 6.08 Å². The van der Waals surface area contributed by atoms with E-state index in [-0.39, 0.29) is 18.6 Å². The second-order valence-electron chi connectivity index (χ2n) is 3.82. The Balaban J connectivity index is 2.66. The molecule has 0 unspecified atom stereocenters. The van der Waals surface area contributed by atoms with E-state index in [1.807, 2.05) is 19.9 Å². The molecule has 1 amide bonds. The molecule has 0 aliphatic carbocycles. The number of aliphatic hydroxyl groups excluding tert-OH is 1. The fraction of sp³-hybridized carbons (Fsp3) is 0.417. The highest BCUT2D eigenvalue weighted by Gasteiger charge is 2.13. The molecule has 0 bridgehead atoms. The standard InChI is InChI=1S/C12H16ClNO2S/c1-9(2)14(7-8-15)12(16)6-4-10-3-5-11(13)17-10/h3-6,9,15H,7-8H2,1-2H3/b6-4+. The highest BCUT2D eigenvalue weighted by molar-refractivity contribution is 7.17. The van der Waals surface area contributed by atoms with E-state index in [4.69, 9.17) is 16.7 Å². The zero-order valence-corrected chi connectivity index (χ0v) is 11.5. The van der Waals surface area contributed by atoms with Gasteiger partial charge in [0.25, 0.3) is 0 Å². The Labute approximate surface area is 110 Å². The Morgan fingerprint density at radius 2 is 2.29 bits per heavy atom. The van der Waals surface area contributed by atoms with Gasteiger partial charge in [-0.3, -0.25) is 4.79 Å². The predicted octanol–water partition coefficient (Wildman–Crippen LogP) is 2.64. The minimum absolute atomic E-state index is 0.0252. The van der Waals surface area contributed by atoms with Gasteiger partial charge in [0.05, 0.1) is 10.9 Å². The van der Waals surface area contributed by atoms with Gasteiger partial charge in [-0.15, -0.1) is 11.3 Å². The zero-order chi connectivity index (χ0) is 12.8. The number of hydrogen-bond donors (Lipinski definition) is 1. The van der Waals surface area contributed by atoms with Crippen molar-refractivity contribution in [3.8, 4) is 0 Å². The molecule has 0 aliphatic heterocycles. The number of aliphatic hydroxyl groups is 1. The van der Waals surface area contributed by atoms with E-state index in [0.717, 1.165) is 4.88 Å². The monoisotopic (exact) mass is 273 g/mol. The maximum absolute atomic E-state index is 11.9. The van der Waals surface area contributed by atoms with Crippen LogP contribution in [0.5, 0.6) is 0 Å². The van der Waals surface area contributed by atoms with Gasteiger partial charge < -0.3 is 10.0 Å². The van der Waals surface area contributed by atoms with Gasteiger partial charge in [-0.1, -0.05) is 11.6 Å². The lowest BCUT2D eigenvalue weighted by atomic mass is 10.3. The molecule has 17 heavy (non-hydrogen) atoms. The largest absolute Gasteiger partial charge is 0.395 e. The SMILES string of the molecule is CC(C)N(CCO)C(=O)/C=C/c1ccc(Cl)s1. The van der Waals surface area contributed by atoms with Gasteiger partial charge in [0.15, 0.2) is 0 Å². The molecule has 0 saturated heterocycles. The molecule has 0 aromatic carbocycles. The van der Waals surface area contributed by atoms with Crippen molar-refractivity contribution in [2.45, 2.75) is 19.9 Å². The van der Waals surface area contributed by atoms with Crippen LogP contribution in [0, 0.1) is 0 Å². The summed E-state index contributed by atoms with van der Waals surface area (Å²) in [5.74, 6) is -0.0985. The van der Waals surface area contributed by atoms with Crippen molar-refractivity contribution in [2.24, 2.45) is 0 Å². The van der Waals surface area contributed by atoms with Crippen molar-refractivity contribution < 1.29 is 9.90 Å². The third-order valence-electron chi connectivity index (χ3n) is 2.23. The molecule has 1 N–H and O–H groups in total. The van der Waals surface area contributed by atoms with Gasteiger partial charge in [0.1, 0.15) is 0 Å². The number of nitrogens with zero attached hydrogens (tertiary/aromatic N) is 1. The number of hydrogen-bond acceptors (Lipinski definition) is 3. The zero-order valence-electron chi connectivity index (χ0n) is 9.89. The molecule has 1 aromatic heterocycles. The Bertz CT molecular complexity index is 401. The first kappa shape index (κ1) is 14.2. The Morgan fingerprint density at radius 3 is 2.76 bits per heavy atom. The quantitative estimate of drug-likeness (QED) is 0.838. The molecule has 0 atom stereocenters. The van der Waals surface area contributed by atoms with E-state index >= 15 is 0 Å². The average Bonchev–Trinajstić information content (AvgIpc) is 2.68. The predicted molar refractivity (Wildman–Crippen MR) is 72.3 cm³/mol. The fourth-order valence-electron chi connectivity index (χ4n) is 1.40. The number of carbonyl (C=O) groups excluding carboxylic acids is 1. The highest BCUT2D eigenvalue weighted by atomic mass is 35.5. The van der Waals surface area contributed by atoms with Gasteiger partial charge in [-0.2, -0.15) is 0 Å². The fourth-order valence-corrected chi connectivity index (χ4v) is 2.36. The third kappa shape index (κ3) is 4.50. The lowest BCUT2D eigenvalue weighted by Gasteiger charge is -2.24. The van der Waals surface area contributed by atoms with Crippen LogP contribution in [0.4, 0.5) is 0 Å². The summed E-state index contributed by atoms with van der Waals surface area (Å²) >= 11 is 7.22. The Morgan fingerprint density at radius 1 is 1.59 bits per heavy atom. The Kier molecular flexibility index (Phi) is 5.68. The minimum atomic E-state index is -0.0985. The molecule has 0 spiro atoms. The van der Waals surface area contributed by atoms with Crippen LogP contribution in [0.3, 0.4) is 0 Å². The second-order valence-corrected chi connectivity index (χ2v) is 5.57. The van der Waals surface area contributed by atoms with Gasteiger partial charge in [-0.25, -0.2) is 0 Å². The molecule has 0 fully saturated rings. The van der Waals surface area contributed by atoms with Crippen molar-refractivity contribution in [3.63, 3.8) is 0 Å². The van der Waals surface area contributed by atoms with Crippen molar-refractivity contribution in [1.82, 2.24) is 4.90 Å². The number of halogens is 1. The maximum Gasteiger partial charge on any atom is 0.246 e. The first-order valence-corrected chi connectivity index (χ1v) is 6.59. The van der Waals surface area contributed by atoms with E-state index in [1.54, 1.807) is 17.0 Å². The smallest absolute Gasteiger partial charge is 0.246 e. The highest BCUT2D eigenvalue weighted by Crippen LogP contribution is 2.22. The third-order valence-corrected chi connectivity index (χ3v) is 3.43. The summed E-state index contributed by atoms with van der Waals surface area (Å²) in [4.78, 5) is 14.4. The topological polar surface area (TPSA) is 40.5 Å². The van der Waals surface area contributed by atoms with Crippen LogP contribution < -0.4 is 0 Å². The molecule has 1 heterocycles. The number of carbonyl (C=O) groups is 1. The normalized spacial score (nSPS) is 11.4. The summed E-state index contributed by atoms with van der Waals surface area (Å²) in [6, 6.07) is 3.73. The lowest BCUT2D eigenvalue weighted by Crippen LogP contribution is -2.37. The van der Waals surface area contributed by atoms with E-state index in [1.165, 1.54) is 17.4 Å². The van der Waals surface area contributed by atoms with Crippen LogP contribution in [0.2, 0.25) is 4.34 Å². The summed E-state index contributed by atoms with van der Waals surface area (Å²) < 4.78 is 0.702. The molecule has 0 aliphatic rings. The molecule has 3 nitrogen and oxygen atoms in total. The van der Waals surface area contributed by atoms with Crippen molar-refractivity contribution in [3.05, 3.63) is 27.4 Å². The number of thiophene rings is 1. The Hall–Kier alpha value is -0.840. The van der Waals surface area contributed by atoms with Crippen LogP contribution in [-0.2, 0) is 4.79 Å². The van der Waals surface area contributed by atoms with E-state index in [9.17, 15) is 4.79 Å². The lowest BCUT2D eigenvalue weighted by molar-refractivity contribution is -0.128. The van der Waals surface area contributed by atoms with Crippen LogP contribution in [0.15, 0.2) is 18.2 Å². The van der Waals surface area contributed by atoms with Gasteiger partial charge in [-0.05, 0) is 32.1 Å². The maximum atomic E-state index is 11.9. The van der Waals surface area contributed by atoms with Crippen LogP contribution in [-0.4, -0.2) is 35.1 Å². The van der Waals surface area contributed by atoms with Crippen molar-refractivity contribution in [1.29, 1.82) is 0 Å². The molecule has 94 valence electrons. The van der Waals surface area contributed by atoms with Crippen LogP contribution >= 0.6 is 22.9 Å². The molecule has 0 radical (unpaired) electrons. The summed E-state index contributed by atoms with van der Waals surface area (Å²) in [6.07, 6.45) is 3.25.